The van der Waals surface area contributed by atoms with E-state index < -0.39 is 24.8 Å². The molecule has 2 aromatic heterocycles. The zero-order valence-corrected chi connectivity index (χ0v) is 23.7. The predicted molar refractivity (Wildman–Crippen MR) is 159 cm³/mol. The van der Waals surface area contributed by atoms with Crippen LogP contribution in [0, 0.1) is 0 Å². The van der Waals surface area contributed by atoms with Crippen molar-refractivity contribution in [2.75, 3.05) is 13.2 Å². The molecule has 0 saturated heterocycles. The topological polar surface area (TPSA) is 165 Å². The molecule has 0 aliphatic rings. The van der Waals surface area contributed by atoms with Crippen LogP contribution in [0.3, 0.4) is 0 Å². The summed E-state index contributed by atoms with van der Waals surface area (Å²) in [5.41, 5.74) is 9.10. The van der Waals surface area contributed by atoms with Gasteiger partial charge in [0.25, 0.3) is 0 Å². The van der Waals surface area contributed by atoms with E-state index in [1.54, 1.807) is 29.6 Å². The van der Waals surface area contributed by atoms with Crippen LogP contribution in [-0.2, 0) is 6.54 Å². The van der Waals surface area contributed by atoms with Gasteiger partial charge in [0.15, 0.2) is 0 Å². The van der Waals surface area contributed by atoms with Crippen LogP contribution in [0.15, 0.2) is 66.0 Å². The fourth-order valence-electron chi connectivity index (χ4n) is 3.83. The number of nitrogens with zero attached hydrogens (tertiary/aromatic N) is 1. The molecule has 0 bridgehead atoms. The molecule has 0 spiro atoms. The third-order valence-electron chi connectivity index (χ3n) is 6.00. The quantitative estimate of drug-likeness (QED) is 0.0873. The third-order valence-corrected chi connectivity index (χ3v) is 8.60. The highest BCUT2D eigenvalue weighted by Gasteiger charge is 2.16. The first-order chi connectivity index (χ1) is 18.8. The van der Waals surface area contributed by atoms with E-state index in [9.17, 15) is 20.4 Å². The zero-order chi connectivity index (χ0) is 27.9. The predicted octanol–water partition coefficient (Wildman–Crippen LogP) is 3.06. The Kier molecular flexibility index (Phi) is 10.6. The van der Waals surface area contributed by atoms with E-state index in [1.165, 1.54) is 22.7 Å². The van der Waals surface area contributed by atoms with Gasteiger partial charge < -0.3 is 36.6 Å². The molecule has 4 aromatic rings. The highest BCUT2D eigenvalue weighted by atomic mass is 32.1. The molecule has 39 heavy (non-hydrogen) atoms. The van der Waals surface area contributed by atoms with E-state index >= 15 is 0 Å². The molecule has 0 saturated carbocycles. The molecule has 0 radical (unpaired) electrons. The molecule has 2 aromatic carbocycles. The largest absolute Gasteiger partial charge is 0.613 e. The lowest BCUT2D eigenvalue weighted by molar-refractivity contribution is 0.129. The van der Waals surface area contributed by atoms with Crippen molar-refractivity contribution in [1.82, 2.24) is 10.6 Å². The SMILES string of the molecule is NC([N-]C(O)c1ccc(C(O)NCc2ccc(C(O)NCCO)cc2)s1)c1csc(-c2ccc(P)cc2)c1O. The molecule has 0 aliphatic heterocycles. The van der Waals surface area contributed by atoms with Crippen LogP contribution in [0.1, 0.15) is 51.3 Å². The van der Waals surface area contributed by atoms with Gasteiger partial charge in [0, 0.05) is 34.6 Å². The Bertz CT molecular complexity index is 1330. The summed E-state index contributed by atoms with van der Waals surface area (Å²) in [6, 6.07) is 18.3. The number of rotatable bonds is 13. The molecule has 2 heterocycles. The molecular weight excluding hydrogens is 555 g/mol. The van der Waals surface area contributed by atoms with Gasteiger partial charge in [-0.15, -0.1) is 31.9 Å². The average molecular weight is 588 g/mol. The van der Waals surface area contributed by atoms with Gasteiger partial charge in [-0.2, -0.15) is 0 Å². The van der Waals surface area contributed by atoms with Gasteiger partial charge in [-0.3, -0.25) is 10.6 Å². The Balaban J connectivity index is 1.31. The van der Waals surface area contributed by atoms with Gasteiger partial charge in [0.1, 0.15) is 18.2 Å². The minimum Gasteiger partial charge on any atom is -0.613 e. The second-order valence-electron chi connectivity index (χ2n) is 8.80. The van der Waals surface area contributed by atoms with Crippen molar-refractivity contribution in [1.29, 1.82) is 0 Å². The molecule has 0 fully saturated rings. The van der Waals surface area contributed by atoms with Gasteiger partial charge in [0.05, 0.1) is 11.5 Å². The van der Waals surface area contributed by atoms with Gasteiger partial charge >= 0.3 is 0 Å². The minimum atomic E-state index is -1.22. The molecular formula is C27H32N4O5PS2-. The van der Waals surface area contributed by atoms with Crippen molar-refractivity contribution in [2.45, 2.75) is 31.4 Å². The van der Waals surface area contributed by atoms with Gasteiger partial charge in [0.2, 0.25) is 0 Å². The highest BCUT2D eigenvalue weighted by Crippen LogP contribution is 2.43. The fourth-order valence-corrected chi connectivity index (χ4v) is 5.92. The minimum absolute atomic E-state index is 0.0513. The maximum absolute atomic E-state index is 10.7. The third kappa shape index (κ3) is 7.69. The van der Waals surface area contributed by atoms with E-state index in [0.29, 0.717) is 32.3 Å². The Morgan fingerprint density at radius 3 is 2.28 bits per heavy atom. The van der Waals surface area contributed by atoms with Crippen LogP contribution in [-0.4, -0.2) is 38.7 Å². The van der Waals surface area contributed by atoms with Crippen molar-refractivity contribution in [2.24, 2.45) is 5.73 Å². The summed E-state index contributed by atoms with van der Waals surface area (Å²) < 4.78 is 0. The smallest absolute Gasteiger partial charge is 0.140 e. The van der Waals surface area contributed by atoms with Crippen LogP contribution >= 0.6 is 31.9 Å². The van der Waals surface area contributed by atoms with Crippen molar-refractivity contribution in [3.8, 4) is 16.2 Å². The first-order valence-corrected chi connectivity index (χ1v) is 14.5. The van der Waals surface area contributed by atoms with Crippen molar-refractivity contribution < 1.29 is 25.5 Å². The number of thiophene rings is 2. The van der Waals surface area contributed by atoms with Crippen LogP contribution in [0.25, 0.3) is 15.8 Å². The molecule has 4 rings (SSSR count). The summed E-state index contributed by atoms with van der Waals surface area (Å²) in [6.07, 6.45) is -3.97. The molecule has 5 unspecified atom stereocenters. The number of nitrogens with one attached hydrogen (secondary N) is 2. The standard InChI is InChI=1S/C27H32N4O5PS2/c28-24(19-14-38-23(22(19)33)16-5-7-18(37)8-6-16)31-27(36)21-10-9-20(39-21)26(35)30-13-15-1-3-17(4-2-15)25(34)29-11-12-32/h1-10,14,24-27,29-30,32-36H,11-13,28,37H2/q-1. The van der Waals surface area contributed by atoms with Crippen LogP contribution in [0.5, 0.6) is 5.75 Å². The van der Waals surface area contributed by atoms with Crippen LogP contribution in [0.2, 0.25) is 0 Å². The summed E-state index contributed by atoms with van der Waals surface area (Å²) >= 11 is 2.57. The second-order valence-corrected chi connectivity index (χ2v) is 11.5. The lowest BCUT2D eigenvalue weighted by atomic mass is 10.1. The maximum Gasteiger partial charge on any atom is 0.140 e. The number of benzene rings is 2. The van der Waals surface area contributed by atoms with Crippen LogP contribution < -0.4 is 21.7 Å². The molecule has 5 atom stereocenters. The molecule has 12 heteroatoms. The van der Waals surface area contributed by atoms with Crippen molar-refractivity contribution >= 4 is 37.2 Å². The maximum atomic E-state index is 10.7. The Labute approximate surface area is 237 Å². The van der Waals surface area contributed by atoms with E-state index in [1.807, 2.05) is 36.4 Å². The van der Waals surface area contributed by atoms with E-state index in [-0.39, 0.29) is 18.9 Å². The second kappa shape index (κ2) is 13.9. The summed E-state index contributed by atoms with van der Waals surface area (Å²) in [7, 11) is 2.62. The van der Waals surface area contributed by atoms with Crippen molar-refractivity contribution in [3.63, 3.8) is 0 Å². The van der Waals surface area contributed by atoms with Gasteiger partial charge in [-0.1, -0.05) is 54.7 Å². The number of aliphatic hydroxyl groups excluding tert-OH is 4. The van der Waals surface area contributed by atoms with Gasteiger partial charge in [-0.25, -0.2) is 0 Å². The van der Waals surface area contributed by atoms with E-state index in [2.05, 4.69) is 25.2 Å². The highest BCUT2D eigenvalue weighted by molar-refractivity contribution is 7.27. The number of hydrogen-bond donors (Lipinski definition) is 8. The summed E-state index contributed by atoms with van der Waals surface area (Å²) in [6.45, 7) is 0.608. The molecule has 208 valence electrons. The zero-order valence-electron chi connectivity index (χ0n) is 20.9. The molecule has 0 amide bonds. The number of hydrogen-bond acceptors (Lipinski definition) is 10. The lowest BCUT2D eigenvalue weighted by Crippen LogP contribution is -2.24. The van der Waals surface area contributed by atoms with Crippen LogP contribution in [0.4, 0.5) is 0 Å². The first-order valence-electron chi connectivity index (χ1n) is 12.2. The first kappa shape index (κ1) is 29.7. The lowest BCUT2D eigenvalue weighted by Gasteiger charge is -2.32. The van der Waals surface area contributed by atoms with E-state index in [4.69, 9.17) is 10.8 Å². The number of nitrogens with two attached hydrogens (primary N) is 1. The van der Waals surface area contributed by atoms with E-state index in [0.717, 1.165) is 16.4 Å². The molecule has 9 nitrogen and oxygen atoms in total. The summed E-state index contributed by atoms with van der Waals surface area (Å²) in [5, 5.41) is 63.7. The Morgan fingerprint density at radius 1 is 0.897 bits per heavy atom. The summed E-state index contributed by atoms with van der Waals surface area (Å²) in [5.74, 6) is 0.0513. The molecule has 0 aliphatic carbocycles. The normalized spacial score (nSPS) is 14.7. The number of aromatic hydroxyl groups is 1. The Hall–Kier alpha value is -2.25. The average Bonchev–Trinajstić information content (AvgIpc) is 3.59. The molecule has 9 N–H and O–H groups in total. The monoisotopic (exact) mass is 587 g/mol. The van der Waals surface area contributed by atoms with Crippen molar-refractivity contribution in [3.05, 3.63) is 97.8 Å². The Morgan fingerprint density at radius 2 is 1.59 bits per heavy atom. The summed E-state index contributed by atoms with van der Waals surface area (Å²) in [4.78, 5) is 1.80. The number of aliphatic hydroxyl groups is 4. The van der Waals surface area contributed by atoms with Gasteiger partial charge in [-0.05, 0) is 39.5 Å². The fraction of sp³-hybridized carbons (Fsp3) is 0.259.